The van der Waals surface area contributed by atoms with Gasteiger partial charge < -0.3 is 5.73 Å². The summed E-state index contributed by atoms with van der Waals surface area (Å²) >= 11 is 6.25. The summed E-state index contributed by atoms with van der Waals surface area (Å²) in [7, 11) is -4.18. The monoisotopic (exact) mass is 440 g/mol. The summed E-state index contributed by atoms with van der Waals surface area (Å²) in [5.74, 6) is -1.66. The third kappa shape index (κ3) is 3.53. The summed E-state index contributed by atoms with van der Waals surface area (Å²) in [4.78, 5) is -0.255. The number of sulfonamides is 1. The van der Waals surface area contributed by atoms with Crippen molar-refractivity contribution in [2.75, 3.05) is 10.5 Å². The van der Waals surface area contributed by atoms with E-state index in [1.165, 1.54) is 12.1 Å². The first-order valence-electron chi connectivity index (χ1n) is 5.43. The van der Waals surface area contributed by atoms with Crippen molar-refractivity contribution in [3.63, 3.8) is 0 Å². The van der Waals surface area contributed by atoms with Crippen LogP contribution < -0.4 is 10.5 Å². The fourth-order valence-corrected chi connectivity index (χ4v) is 4.77. The molecule has 0 aliphatic heterocycles. The van der Waals surface area contributed by atoms with Crippen LogP contribution in [0.4, 0.5) is 20.2 Å². The molecule has 0 saturated heterocycles. The van der Waals surface area contributed by atoms with Gasteiger partial charge in [0.15, 0.2) is 0 Å². The van der Waals surface area contributed by atoms with Gasteiger partial charge in [0, 0.05) is 15.0 Å². The second-order valence-corrected chi connectivity index (χ2v) is 7.42. The summed E-state index contributed by atoms with van der Waals surface area (Å²) in [6.07, 6.45) is 0. The van der Waals surface area contributed by atoms with Crippen LogP contribution in [0.2, 0.25) is 0 Å². The van der Waals surface area contributed by atoms with Crippen LogP contribution in [0, 0.1) is 11.6 Å². The Morgan fingerprint density at radius 1 is 1.10 bits per heavy atom. The van der Waals surface area contributed by atoms with Gasteiger partial charge in [0.25, 0.3) is 10.0 Å². The molecule has 4 nitrogen and oxygen atoms in total. The van der Waals surface area contributed by atoms with E-state index in [1.54, 1.807) is 0 Å². The van der Waals surface area contributed by atoms with Crippen molar-refractivity contribution in [3.8, 4) is 0 Å². The van der Waals surface area contributed by atoms with Crippen LogP contribution in [0.15, 0.2) is 44.2 Å². The molecule has 0 aliphatic rings. The smallest absolute Gasteiger partial charge is 0.265 e. The van der Waals surface area contributed by atoms with E-state index < -0.39 is 27.3 Å². The molecule has 9 heteroatoms. The number of nitrogens with one attached hydrogen (secondary N) is 1. The minimum absolute atomic E-state index is 0.0411. The Morgan fingerprint density at radius 2 is 1.76 bits per heavy atom. The summed E-state index contributed by atoms with van der Waals surface area (Å²) < 4.78 is 54.0. The molecule has 112 valence electrons. The number of anilines is 2. The van der Waals surface area contributed by atoms with E-state index in [-0.39, 0.29) is 15.1 Å². The second kappa shape index (κ2) is 5.90. The van der Waals surface area contributed by atoms with Crippen LogP contribution >= 0.6 is 31.9 Å². The maximum atomic E-state index is 13.5. The largest absolute Gasteiger partial charge is 0.398 e. The molecule has 2 aromatic carbocycles. The van der Waals surface area contributed by atoms with E-state index >= 15 is 0 Å². The van der Waals surface area contributed by atoms with Crippen molar-refractivity contribution in [2.24, 2.45) is 0 Å². The Balaban J connectivity index is 2.51. The fraction of sp³-hybridized carbons (Fsp3) is 0. The Labute approximate surface area is 136 Å². The number of benzene rings is 2. The first-order valence-corrected chi connectivity index (χ1v) is 8.50. The summed E-state index contributed by atoms with van der Waals surface area (Å²) in [5.41, 5.74) is 5.15. The molecule has 0 heterocycles. The van der Waals surface area contributed by atoms with Crippen LogP contribution in [0.25, 0.3) is 0 Å². The van der Waals surface area contributed by atoms with Gasteiger partial charge in [-0.15, -0.1) is 0 Å². The van der Waals surface area contributed by atoms with Crippen LogP contribution in [-0.2, 0) is 10.0 Å². The lowest BCUT2D eigenvalue weighted by Gasteiger charge is -2.13. The van der Waals surface area contributed by atoms with E-state index in [9.17, 15) is 17.2 Å². The number of hydrogen-bond donors (Lipinski definition) is 2. The Bertz CT molecular complexity index is 790. The number of halogens is 4. The van der Waals surface area contributed by atoms with Gasteiger partial charge in [0.05, 0.1) is 11.4 Å². The third-order valence-electron chi connectivity index (χ3n) is 2.48. The van der Waals surface area contributed by atoms with E-state index in [0.717, 1.165) is 18.2 Å². The quantitative estimate of drug-likeness (QED) is 0.710. The Morgan fingerprint density at radius 3 is 2.38 bits per heavy atom. The van der Waals surface area contributed by atoms with Crippen LogP contribution in [0.1, 0.15) is 0 Å². The zero-order valence-electron chi connectivity index (χ0n) is 10.2. The van der Waals surface area contributed by atoms with Gasteiger partial charge in [0.2, 0.25) is 0 Å². The molecule has 0 fully saturated rings. The Kier molecular flexibility index (Phi) is 4.54. The molecule has 0 radical (unpaired) electrons. The zero-order valence-corrected chi connectivity index (χ0v) is 14.2. The lowest BCUT2D eigenvalue weighted by Crippen LogP contribution is -2.16. The first-order chi connectivity index (χ1) is 9.70. The lowest BCUT2D eigenvalue weighted by molar-refractivity contribution is 0.594. The molecule has 0 saturated carbocycles. The van der Waals surface area contributed by atoms with Gasteiger partial charge in [-0.3, -0.25) is 4.72 Å². The predicted molar refractivity (Wildman–Crippen MR) is 83.4 cm³/mol. The third-order valence-corrected chi connectivity index (χ3v) is 5.31. The summed E-state index contributed by atoms with van der Waals surface area (Å²) in [6.45, 7) is 0. The fourth-order valence-electron chi connectivity index (χ4n) is 1.64. The highest BCUT2D eigenvalue weighted by Crippen LogP contribution is 2.33. The summed E-state index contributed by atoms with van der Waals surface area (Å²) in [6, 6.07) is 5.33. The van der Waals surface area contributed by atoms with Gasteiger partial charge in [-0.25, -0.2) is 17.2 Å². The molecule has 21 heavy (non-hydrogen) atoms. The normalized spacial score (nSPS) is 11.4. The SMILES string of the molecule is Nc1cc(Br)cc(Br)c1S(=O)(=O)Nc1cc(F)ccc1F. The first kappa shape index (κ1) is 16.2. The highest BCUT2D eigenvalue weighted by molar-refractivity contribution is 9.11. The highest BCUT2D eigenvalue weighted by Gasteiger charge is 2.23. The minimum Gasteiger partial charge on any atom is -0.398 e. The van der Waals surface area contributed by atoms with Crippen LogP contribution in [-0.4, -0.2) is 8.42 Å². The minimum atomic E-state index is -4.18. The number of hydrogen-bond acceptors (Lipinski definition) is 3. The molecule has 0 unspecified atom stereocenters. The van der Waals surface area contributed by atoms with E-state index in [1.807, 2.05) is 4.72 Å². The molecule has 0 bridgehead atoms. The molecule has 3 N–H and O–H groups in total. The van der Waals surface area contributed by atoms with Crippen molar-refractivity contribution in [1.82, 2.24) is 0 Å². The molecular weight excluding hydrogens is 434 g/mol. The average molecular weight is 442 g/mol. The van der Waals surface area contributed by atoms with Gasteiger partial charge >= 0.3 is 0 Å². The topological polar surface area (TPSA) is 72.2 Å². The van der Waals surface area contributed by atoms with Crippen LogP contribution in [0.3, 0.4) is 0 Å². The van der Waals surface area contributed by atoms with Crippen molar-refractivity contribution in [3.05, 3.63) is 50.9 Å². The maximum Gasteiger partial charge on any atom is 0.265 e. The standard InChI is InChI=1S/C12H8Br2F2N2O2S/c13-6-3-8(14)12(10(17)4-6)21(19,20)18-11-5-7(15)1-2-9(11)16/h1-5,18H,17H2. The van der Waals surface area contributed by atoms with Gasteiger partial charge in [0.1, 0.15) is 16.5 Å². The average Bonchev–Trinajstić information content (AvgIpc) is 2.31. The van der Waals surface area contributed by atoms with Gasteiger partial charge in [-0.1, -0.05) is 15.9 Å². The van der Waals surface area contributed by atoms with Gasteiger partial charge in [-0.05, 0) is 40.2 Å². The van der Waals surface area contributed by atoms with Gasteiger partial charge in [-0.2, -0.15) is 0 Å². The Hall–Kier alpha value is -1.19. The molecule has 2 rings (SSSR count). The maximum absolute atomic E-state index is 13.5. The predicted octanol–water partition coefficient (Wildman–Crippen LogP) is 3.87. The van der Waals surface area contributed by atoms with E-state index in [2.05, 4.69) is 31.9 Å². The highest BCUT2D eigenvalue weighted by atomic mass is 79.9. The number of rotatable bonds is 3. The molecule has 0 amide bonds. The van der Waals surface area contributed by atoms with E-state index in [4.69, 9.17) is 5.73 Å². The van der Waals surface area contributed by atoms with Crippen molar-refractivity contribution < 1.29 is 17.2 Å². The second-order valence-electron chi connectivity index (χ2n) is 4.04. The zero-order chi connectivity index (χ0) is 15.8. The molecule has 0 atom stereocenters. The van der Waals surface area contributed by atoms with Crippen molar-refractivity contribution >= 4 is 53.3 Å². The number of nitrogens with two attached hydrogens (primary N) is 1. The number of nitrogen functional groups attached to an aromatic ring is 1. The molecule has 2 aromatic rings. The molecule has 0 aromatic heterocycles. The van der Waals surface area contributed by atoms with Crippen molar-refractivity contribution in [1.29, 1.82) is 0 Å². The van der Waals surface area contributed by atoms with Crippen LogP contribution in [0.5, 0.6) is 0 Å². The molecular formula is C12H8Br2F2N2O2S. The molecule has 0 spiro atoms. The van der Waals surface area contributed by atoms with E-state index in [0.29, 0.717) is 4.47 Å². The molecule has 0 aliphatic carbocycles. The summed E-state index contributed by atoms with van der Waals surface area (Å²) in [5, 5.41) is 0. The lowest BCUT2D eigenvalue weighted by atomic mass is 10.3. The van der Waals surface area contributed by atoms with Crippen molar-refractivity contribution in [2.45, 2.75) is 4.90 Å².